The van der Waals surface area contributed by atoms with Crippen molar-refractivity contribution in [2.24, 2.45) is 0 Å². The summed E-state index contributed by atoms with van der Waals surface area (Å²) in [5.74, 6) is 0.0530. The summed E-state index contributed by atoms with van der Waals surface area (Å²) in [6.45, 7) is 0. The maximum Gasteiger partial charge on any atom is 0.235 e. The number of hydrogen-bond donors (Lipinski definition) is 0. The SMILES string of the molecule is Fc1ccccc1-c1nnc2sc(-c3cccnc3)nn12. The molecule has 0 fully saturated rings. The van der Waals surface area contributed by atoms with Crippen molar-refractivity contribution in [3.05, 3.63) is 54.6 Å². The molecule has 0 unspecified atom stereocenters. The molecule has 1 aromatic carbocycles. The van der Waals surface area contributed by atoms with Crippen LogP contribution >= 0.6 is 11.3 Å². The van der Waals surface area contributed by atoms with Crippen LogP contribution in [-0.4, -0.2) is 24.8 Å². The third-order valence-electron chi connectivity index (χ3n) is 3.01. The molecule has 0 saturated carbocycles. The molecule has 0 amide bonds. The molecule has 0 saturated heterocycles. The molecule has 5 nitrogen and oxygen atoms in total. The van der Waals surface area contributed by atoms with Crippen molar-refractivity contribution < 1.29 is 4.39 Å². The minimum Gasteiger partial charge on any atom is -0.264 e. The number of hydrogen-bond acceptors (Lipinski definition) is 5. The standard InChI is InChI=1S/C14H8FN5S/c15-11-6-2-1-5-10(11)12-17-18-14-20(12)19-13(21-14)9-4-3-7-16-8-9/h1-8H. The van der Waals surface area contributed by atoms with Gasteiger partial charge >= 0.3 is 0 Å². The summed E-state index contributed by atoms with van der Waals surface area (Å²) < 4.78 is 15.5. The maximum absolute atomic E-state index is 13.9. The summed E-state index contributed by atoms with van der Waals surface area (Å²) >= 11 is 1.39. The van der Waals surface area contributed by atoms with E-state index in [2.05, 4.69) is 20.3 Å². The van der Waals surface area contributed by atoms with Gasteiger partial charge in [0.1, 0.15) is 10.8 Å². The van der Waals surface area contributed by atoms with E-state index in [0.29, 0.717) is 16.3 Å². The Hall–Kier alpha value is -2.67. The van der Waals surface area contributed by atoms with E-state index in [-0.39, 0.29) is 5.82 Å². The molecular weight excluding hydrogens is 289 g/mol. The third kappa shape index (κ3) is 1.98. The Labute approximate surface area is 122 Å². The second kappa shape index (κ2) is 4.71. The van der Waals surface area contributed by atoms with Gasteiger partial charge in [0, 0.05) is 18.0 Å². The lowest BCUT2D eigenvalue weighted by Gasteiger charge is -1.98. The lowest BCUT2D eigenvalue weighted by molar-refractivity contribution is 0.629. The zero-order chi connectivity index (χ0) is 14.2. The van der Waals surface area contributed by atoms with Gasteiger partial charge in [-0.15, -0.1) is 10.2 Å². The van der Waals surface area contributed by atoms with Crippen LogP contribution in [-0.2, 0) is 0 Å². The molecule has 102 valence electrons. The number of nitrogens with zero attached hydrogens (tertiary/aromatic N) is 5. The monoisotopic (exact) mass is 297 g/mol. The first-order chi connectivity index (χ1) is 10.3. The molecule has 3 heterocycles. The fraction of sp³-hybridized carbons (Fsp3) is 0. The zero-order valence-electron chi connectivity index (χ0n) is 10.6. The summed E-state index contributed by atoms with van der Waals surface area (Å²) in [4.78, 5) is 4.69. The van der Waals surface area contributed by atoms with Crippen LogP contribution in [0.3, 0.4) is 0 Å². The number of rotatable bonds is 2. The fourth-order valence-corrected chi connectivity index (χ4v) is 2.86. The van der Waals surface area contributed by atoms with Crippen molar-refractivity contribution >= 4 is 16.3 Å². The molecule has 4 aromatic rings. The molecule has 0 radical (unpaired) electrons. The van der Waals surface area contributed by atoms with Crippen LogP contribution < -0.4 is 0 Å². The lowest BCUT2D eigenvalue weighted by atomic mass is 10.2. The second-order valence-corrected chi connectivity index (χ2v) is 5.30. The van der Waals surface area contributed by atoms with E-state index in [1.54, 1.807) is 35.1 Å². The second-order valence-electron chi connectivity index (χ2n) is 4.35. The molecule has 0 bridgehead atoms. The Morgan fingerprint density at radius 2 is 1.95 bits per heavy atom. The van der Waals surface area contributed by atoms with Gasteiger partial charge in [0.15, 0.2) is 5.82 Å². The van der Waals surface area contributed by atoms with Gasteiger partial charge in [-0.05, 0) is 24.3 Å². The highest BCUT2D eigenvalue weighted by molar-refractivity contribution is 7.19. The van der Waals surface area contributed by atoms with E-state index in [0.717, 1.165) is 10.6 Å². The fourth-order valence-electron chi connectivity index (χ4n) is 2.03. The predicted molar refractivity (Wildman–Crippen MR) is 77.3 cm³/mol. The number of halogens is 1. The van der Waals surface area contributed by atoms with E-state index < -0.39 is 0 Å². The smallest absolute Gasteiger partial charge is 0.235 e. The van der Waals surface area contributed by atoms with Gasteiger partial charge in [-0.25, -0.2) is 4.39 Å². The molecular formula is C14H8FN5S. The molecule has 0 aliphatic heterocycles. The highest BCUT2D eigenvalue weighted by Crippen LogP contribution is 2.28. The molecule has 3 aromatic heterocycles. The normalized spacial score (nSPS) is 11.1. The average molecular weight is 297 g/mol. The highest BCUT2D eigenvalue weighted by Gasteiger charge is 2.16. The van der Waals surface area contributed by atoms with E-state index in [9.17, 15) is 4.39 Å². The first-order valence-electron chi connectivity index (χ1n) is 6.20. The molecule has 0 aliphatic carbocycles. The zero-order valence-corrected chi connectivity index (χ0v) is 11.5. The van der Waals surface area contributed by atoms with Gasteiger partial charge in [-0.3, -0.25) is 4.98 Å². The van der Waals surface area contributed by atoms with Crippen LogP contribution in [0.1, 0.15) is 0 Å². The van der Waals surface area contributed by atoms with Gasteiger partial charge < -0.3 is 0 Å². The van der Waals surface area contributed by atoms with Crippen molar-refractivity contribution in [3.8, 4) is 22.0 Å². The predicted octanol–water partition coefficient (Wildman–Crippen LogP) is 3.05. The summed E-state index contributed by atoms with van der Waals surface area (Å²) in [6.07, 6.45) is 3.43. The highest BCUT2D eigenvalue weighted by atomic mass is 32.1. The minimum atomic E-state index is -0.345. The van der Waals surface area contributed by atoms with E-state index in [1.165, 1.54) is 17.4 Å². The molecule has 7 heteroatoms. The summed E-state index contributed by atoms with van der Waals surface area (Å²) in [6, 6.07) is 10.2. The van der Waals surface area contributed by atoms with Crippen LogP contribution in [0.4, 0.5) is 4.39 Å². The van der Waals surface area contributed by atoms with Gasteiger partial charge in [0.25, 0.3) is 0 Å². The Bertz CT molecular complexity index is 915. The van der Waals surface area contributed by atoms with Crippen molar-refractivity contribution in [1.82, 2.24) is 24.8 Å². The van der Waals surface area contributed by atoms with Crippen LogP contribution in [0.5, 0.6) is 0 Å². The first kappa shape index (κ1) is 12.1. The van der Waals surface area contributed by atoms with Crippen molar-refractivity contribution in [1.29, 1.82) is 0 Å². The van der Waals surface area contributed by atoms with Crippen LogP contribution in [0.25, 0.3) is 26.9 Å². The molecule has 4 rings (SSSR count). The van der Waals surface area contributed by atoms with Gasteiger partial charge in [0.2, 0.25) is 4.96 Å². The third-order valence-corrected chi connectivity index (χ3v) is 3.96. The van der Waals surface area contributed by atoms with E-state index in [1.807, 2.05) is 12.1 Å². The first-order valence-corrected chi connectivity index (χ1v) is 7.02. The summed E-state index contributed by atoms with van der Waals surface area (Å²) in [5, 5.41) is 13.3. The maximum atomic E-state index is 13.9. The number of aromatic nitrogens is 5. The topological polar surface area (TPSA) is 56.0 Å². The molecule has 21 heavy (non-hydrogen) atoms. The van der Waals surface area contributed by atoms with Crippen LogP contribution in [0.2, 0.25) is 0 Å². The lowest BCUT2D eigenvalue weighted by Crippen LogP contribution is -1.93. The Balaban J connectivity index is 1.90. The molecule has 0 atom stereocenters. The van der Waals surface area contributed by atoms with E-state index in [4.69, 9.17) is 0 Å². The van der Waals surface area contributed by atoms with Crippen molar-refractivity contribution in [2.75, 3.05) is 0 Å². The number of fused-ring (bicyclic) bond motifs is 1. The number of pyridine rings is 1. The molecule has 0 N–H and O–H groups in total. The average Bonchev–Trinajstić information content (AvgIpc) is 3.09. The van der Waals surface area contributed by atoms with Gasteiger partial charge in [-0.2, -0.15) is 9.61 Å². The molecule has 0 spiro atoms. The minimum absolute atomic E-state index is 0.345. The largest absolute Gasteiger partial charge is 0.264 e. The van der Waals surface area contributed by atoms with Gasteiger partial charge in [-0.1, -0.05) is 23.5 Å². The van der Waals surface area contributed by atoms with Gasteiger partial charge in [0.05, 0.1) is 5.56 Å². The Morgan fingerprint density at radius 1 is 1.05 bits per heavy atom. The quantitative estimate of drug-likeness (QED) is 0.570. The van der Waals surface area contributed by atoms with Crippen LogP contribution in [0, 0.1) is 5.82 Å². The van der Waals surface area contributed by atoms with Crippen LogP contribution in [0.15, 0.2) is 48.8 Å². The summed E-state index contributed by atoms with van der Waals surface area (Å²) in [5.41, 5.74) is 1.28. The van der Waals surface area contributed by atoms with Crippen molar-refractivity contribution in [2.45, 2.75) is 0 Å². The number of benzene rings is 1. The van der Waals surface area contributed by atoms with E-state index >= 15 is 0 Å². The Kier molecular flexibility index (Phi) is 2.71. The molecule has 0 aliphatic rings. The van der Waals surface area contributed by atoms with Crippen molar-refractivity contribution in [3.63, 3.8) is 0 Å². The summed E-state index contributed by atoms with van der Waals surface area (Å²) in [7, 11) is 0. The Morgan fingerprint density at radius 3 is 2.76 bits per heavy atom.